The number of β-amino-alcohol motifs (C(OH)–C–C–N with tert-alkyl or cyclic N) is 1. The van der Waals surface area contributed by atoms with Crippen molar-refractivity contribution in [1.82, 2.24) is 4.90 Å². The van der Waals surface area contributed by atoms with Gasteiger partial charge in [0.2, 0.25) is 5.91 Å². The molecule has 0 saturated carbocycles. The van der Waals surface area contributed by atoms with Crippen LogP contribution in [0.25, 0.3) is 0 Å². The minimum atomic E-state index is -0.708. The molecule has 1 N–H and O–H groups in total. The fraction of sp³-hybridized carbons (Fsp3) is 0.462. The van der Waals surface area contributed by atoms with E-state index in [0.717, 1.165) is 10.2 Å². The highest BCUT2D eigenvalue weighted by Gasteiger charge is 2.38. The van der Waals surface area contributed by atoms with Crippen molar-refractivity contribution < 1.29 is 14.6 Å². The molecule has 0 atom stereocenters. The summed E-state index contributed by atoms with van der Waals surface area (Å²) in [7, 11) is 0. The van der Waals surface area contributed by atoms with Gasteiger partial charge in [-0.2, -0.15) is 0 Å². The summed E-state index contributed by atoms with van der Waals surface area (Å²) in [6, 6.07) is 7.51. The molecule has 1 aliphatic heterocycles. The van der Waals surface area contributed by atoms with Gasteiger partial charge in [-0.3, -0.25) is 4.79 Å². The number of rotatable bonds is 4. The van der Waals surface area contributed by atoms with Crippen LogP contribution in [-0.2, 0) is 4.79 Å². The second-order valence-electron chi connectivity index (χ2n) is 4.80. The van der Waals surface area contributed by atoms with Crippen LogP contribution in [0.2, 0.25) is 0 Å². The van der Waals surface area contributed by atoms with E-state index < -0.39 is 5.60 Å². The average Bonchev–Trinajstić information content (AvgIpc) is 2.25. The molecule has 1 aromatic rings. The van der Waals surface area contributed by atoms with Crippen molar-refractivity contribution in [3.8, 4) is 5.75 Å². The van der Waals surface area contributed by atoms with Crippen molar-refractivity contribution in [2.24, 2.45) is 0 Å². The molecule has 0 radical (unpaired) electrons. The third kappa shape index (κ3) is 3.46. The van der Waals surface area contributed by atoms with Crippen LogP contribution in [0.5, 0.6) is 5.75 Å². The largest absolute Gasteiger partial charge is 0.493 e. The lowest BCUT2D eigenvalue weighted by atomic mass is 9.97. The fourth-order valence-electron chi connectivity index (χ4n) is 1.92. The van der Waals surface area contributed by atoms with Crippen LogP contribution >= 0.6 is 15.9 Å². The summed E-state index contributed by atoms with van der Waals surface area (Å²) in [6.45, 7) is 2.92. The van der Waals surface area contributed by atoms with E-state index in [2.05, 4.69) is 15.9 Å². The van der Waals surface area contributed by atoms with E-state index in [-0.39, 0.29) is 5.91 Å². The Morgan fingerprint density at radius 3 is 2.89 bits per heavy atom. The minimum Gasteiger partial charge on any atom is -0.493 e. The monoisotopic (exact) mass is 313 g/mol. The van der Waals surface area contributed by atoms with Gasteiger partial charge in [-0.15, -0.1) is 0 Å². The molecule has 1 aromatic carbocycles. The quantitative estimate of drug-likeness (QED) is 0.922. The van der Waals surface area contributed by atoms with E-state index in [1.807, 2.05) is 24.3 Å². The molecule has 4 nitrogen and oxygen atoms in total. The Labute approximate surface area is 115 Å². The summed E-state index contributed by atoms with van der Waals surface area (Å²) in [5, 5.41) is 9.54. The summed E-state index contributed by atoms with van der Waals surface area (Å²) in [5.41, 5.74) is -0.708. The number of carbonyl (C=O) groups is 1. The second-order valence-corrected chi connectivity index (χ2v) is 5.72. The van der Waals surface area contributed by atoms with Crippen molar-refractivity contribution in [1.29, 1.82) is 0 Å². The van der Waals surface area contributed by atoms with E-state index >= 15 is 0 Å². The number of ether oxygens (including phenoxy) is 1. The van der Waals surface area contributed by atoms with Gasteiger partial charge in [0.05, 0.1) is 31.7 Å². The van der Waals surface area contributed by atoms with Gasteiger partial charge >= 0.3 is 0 Å². The topological polar surface area (TPSA) is 49.8 Å². The van der Waals surface area contributed by atoms with Crippen LogP contribution in [0, 0.1) is 0 Å². The molecule has 98 valence electrons. The standard InChI is InChI=1S/C13H16BrNO3/c1-13(17)8-15(9-13)12(16)5-6-18-11-4-2-3-10(14)7-11/h2-4,7,17H,5-6,8-9H2,1H3. The Kier molecular flexibility index (Phi) is 3.92. The molecule has 0 bridgehead atoms. The predicted molar refractivity (Wildman–Crippen MR) is 71.5 cm³/mol. The number of likely N-dealkylation sites (tertiary alicyclic amines) is 1. The number of nitrogens with zero attached hydrogens (tertiary/aromatic N) is 1. The first kappa shape index (κ1) is 13.4. The summed E-state index contributed by atoms with van der Waals surface area (Å²) in [5.74, 6) is 0.768. The first-order valence-electron chi connectivity index (χ1n) is 5.85. The highest BCUT2D eigenvalue weighted by Crippen LogP contribution is 2.21. The van der Waals surface area contributed by atoms with Gasteiger partial charge in [0, 0.05) is 4.47 Å². The molecule has 1 fully saturated rings. The van der Waals surface area contributed by atoms with E-state index in [1.54, 1.807) is 11.8 Å². The first-order chi connectivity index (χ1) is 8.46. The molecule has 0 spiro atoms. The third-order valence-electron chi connectivity index (χ3n) is 2.80. The van der Waals surface area contributed by atoms with Crippen molar-refractivity contribution in [3.63, 3.8) is 0 Å². The highest BCUT2D eigenvalue weighted by atomic mass is 79.9. The SMILES string of the molecule is CC1(O)CN(C(=O)CCOc2cccc(Br)c2)C1. The van der Waals surface area contributed by atoms with Crippen molar-refractivity contribution >= 4 is 21.8 Å². The molecule has 1 heterocycles. The van der Waals surface area contributed by atoms with Crippen LogP contribution in [-0.4, -0.2) is 41.2 Å². The molecule has 1 saturated heterocycles. The van der Waals surface area contributed by atoms with Gasteiger partial charge < -0.3 is 14.7 Å². The average molecular weight is 314 g/mol. The van der Waals surface area contributed by atoms with Gasteiger partial charge in [0.15, 0.2) is 0 Å². The molecule has 1 aliphatic rings. The van der Waals surface area contributed by atoms with E-state index in [9.17, 15) is 9.90 Å². The Balaban J connectivity index is 1.71. The van der Waals surface area contributed by atoms with Crippen molar-refractivity contribution in [2.45, 2.75) is 18.9 Å². The summed E-state index contributed by atoms with van der Waals surface area (Å²) >= 11 is 3.36. The number of amides is 1. The highest BCUT2D eigenvalue weighted by molar-refractivity contribution is 9.10. The number of halogens is 1. The first-order valence-corrected chi connectivity index (χ1v) is 6.64. The summed E-state index contributed by atoms with van der Waals surface area (Å²) in [6.07, 6.45) is 0.336. The summed E-state index contributed by atoms with van der Waals surface area (Å²) in [4.78, 5) is 13.3. The maximum Gasteiger partial charge on any atom is 0.226 e. The molecule has 1 amide bonds. The smallest absolute Gasteiger partial charge is 0.226 e. The summed E-state index contributed by atoms with van der Waals surface area (Å²) < 4.78 is 6.44. The molecule has 0 unspecified atom stereocenters. The Morgan fingerprint density at radius 2 is 2.28 bits per heavy atom. The lowest BCUT2D eigenvalue weighted by Gasteiger charge is -2.44. The maximum atomic E-state index is 11.7. The Bertz CT molecular complexity index is 440. The van der Waals surface area contributed by atoms with Crippen molar-refractivity contribution in [2.75, 3.05) is 19.7 Å². The number of hydrogen-bond acceptors (Lipinski definition) is 3. The van der Waals surface area contributed by atoms with Crippen LogP contribution in [0.3, 0.4) is 0 Å². The van der Waals surface area contributed by atoms with Gasteiger partial charge in [0.25, 0.3) is 0 Å². The van der Waals surface area contributed by atoms with Gasteiger partial charge in [0.1, 0.15) is 5.75 Å². The van der Waals surface area contributed by atoms with E-state index in [4.69, 9.17) is 4.74 Å². The number of hydrogen-bond donors (Lipinski definition) is 1. The van der Waals surface area contributed by atoms with Gasteiger partial charge in [-0.05, 0) is 25.1 Å². The number of carbonyl (C=O) groups excluding carboxylic acids is 1. The zero-order valence-corrected chi connectivity index (χ0v) is 11.8. The zero-order valence-electron chi connectivity index (χ0n) is 10.2. The van der Waals surface area contributed by atoms with Crippen molar-refractivity contribution in [3.05, 3.63) is 28.7 Å². The van der Waals surface area contributed by atoms with E-state index in [1.165, 1.54) is 0 Å². The molecule has 2 rings (SSSR count). The van der Waals surface area contributed by atoms with Crippen LogP contribution in [0.15, 0.2) is 28.7 Å². The zero-order chi connectivity index (χ0) is 13.2. The minimum absolute atomic E-state index is 0.0246. The van der Waals surface area contributed by atoms with Gasteiger partial charge in [-0.25, -0.2) is 0 Å². The normalized spacial score (nSPS) is 17.2. The third-order valence-corrected chi connectivity index (χ3v) is 3.29. The van der Waals surface area contributed by atoms with Crippen LogP contribution < -0.4 is 4.74 Å². The van der Waals surface area contributed by atoms with Gasteiger partial charge in [-0.1, -0.05) is 22.0 Å². The number of benzene rings is 1. The van der Waals surface area contributed by atoms with Crippen LogP contribution in [0.4, 0.5) is 0 Å². The molecule has 0 aromatic heterocycles. The molecule has 5 heteroatoms. The number of aliphatic hydroxyl groups is 1. The molecular weight excluding hydrogens is 298 g/mol. The van der Waals surface area contributed by atoms with Crippen LogP contribution in [0.1, 0.15) is 13.3 Å². The molecule has 18 heavy (non-hydrogen) atoms. The fourth-order valence-corrected chi connectivity index (χ4v) is 2.30. The Morgan fingerprint density at radius 1 is 1.56 bits per heavy atom. The second kappa shape index (κ2) is 5.28. The molecular formula is C13H16BrNO3. The lowest BCUT2D eigenvalue weighted by Crippen LogP contribution is -2.61. The molecule has 0 aliphatic carbocycles. The van der Waals surface area contributed by atoms with E-state index in [0.29, 0.717) is 26.1 Å². The lowest BCUT2D eigenvalue weighted by molar-refractivity contribution is -0.152. The maximum absolute atomic E-state index is 11.7. The Hall–Kier alpha value is -1.07. The predicted octanol–water partition coefficient (Wildman–Crippen LogP) is 1.81.